The quantitative estimate of drug-likeness (QED) is 0.121. The molecule has 4 nitrogen and oxygen atoms in total. The Morgan fingerprint density at radius 2 is 0.482 bits per heavy atom. The van der Waals surface area contributed by atoms with Crippen LogP contribution >= 0.6 is 0 Å². The van der Waals surface area contributed by atoms with Gasteiger partial charge in [-0.2, -0.15) is 0 Å². The molecule has 13 aromatic carbocycles. The molecule has 0 saturated carbocycles. The monoisotopic (exact) mass is 1460 g/mol. The Kier molecular flexibility index (Phi) is 12.7. The number of benzene rings is 13. The van der Waals surface area contributed by atoms with Crippen LogP contribution in [-0.4, -0.2) is 9.13 Å². The highest BCUT2D eigenvalue weighted by Gasteiger charge is 2.34. The summed E-state index contributed by atoms with van der Waals surface area (Å²) in [6, 6.07) is 27.3. The van der Waals surface area contributed by atoms with E-state index in [0.717, 1.165) is 42.5 Å². The molecule has 0 aliphatic rings. The van der Waals surface area contributed by atoms with Crippen LogP contribution < -0.4 is 9.80 Å². The number of anilines is 6. The van der Waals surface area contributed by atoms with E-state index in [2.05, 4.69) is 173 Å². The summed E-state index contributed by atoms with van der Waals surface area (Å²) in [4.78, 5) is 3.35. The molecule has 0 amide bonds. The average Bonchev–Trinajstić information content (AvgIpc) is 1.55. The fourth-order valence-corrected chi connectivity index (χ4v) is 14.5. The van der Waals surface area contributed by atoms with Crippen molar-refractivity contribution in [1.82, 2.24) is 9.13 Å². The summed E-state index contributed by atoms with van der Waals surface area (Å²) in [6.45, 7) is 43.4. The number of aromatic nitrogens is 2. The number of nitrogens with zero attached hydrogens (tertiary/aromatic N) is 4. The van der Waals surface area contributed by atoms with Gasteiger partial charge in [-0.05, 0) is 202 Å². The van der Waals surface area contributed by atoms with Gasteiger partial charge in [0, 0.05) is 77.9 Å². The summed E-state index contributed by atoms with van der Waals surface area (Å²) in [6.07, 6.45) is 0. The number of fused-ring (bicyclic) bond motifs is 6. The van der Waals surface area contributed by atoms with E-state index in [1.165, 1.54) is 0 Å². The lowest BCUT2D eigenvalue weighted by molar-refractivity contribution is 0.589. The highest BCUT2D eigenvalue weighted by molar-refractivity contribution is 6.11. The molecule has 4 heteroatoms. The summed E-state index contributed by atoms with van der Waals surface area (Å²) in [5.74, 6) is 0. The van der Waals surface area contributed by atoms with Gasteiger partial charge in [-0.3, -0.25) is 0 Å². The van der Waals surface area contributed by atoms with Crippen LogP contribution in [0.5, 0.6) is 0 Å². The number of hydrogen-bond donors (Lipinski definition) is 0. The average molecular weight is 1460 g/mol. The predicted octanol–water partition coefficient (Wildman–Crippen LogP) is 30.6. The molecule has 0 radical (unpaired) electrons. The normalized spacial score (nSPS) is 15.8. The molecule has 0 bridgehead atoms. The highest BCUT2D eigenvalue weighted by atomic mass is 15.2. The highest BCUT2D eigenvalue weighted by Crippen LogP contribution is 2.55. The molecule has 0 atom stereocenters. The van der Waals surface area contributed by atoms with Crippen LogP contribution in [0.25, 0.3) is 99.5 Å². The summed E-state index contributed by atoms with van der Waals surface area (Å²) >= 11 is 0. The fraction of sp³-hybridized carbons (Fsp3) is 0.264. The first-order valence-corrected chi connectivity index (χ1v) is 37.8. The van der Waals surface area contributed by atoms with Gasteiger partial charge in [-0.1, -0.05) is 327 Å². The third-order valence-corrected chi connectivity index (χ3v) is 21.0. The van der Waals surface area contributed by atoms with E-state index < -0.39 is 228 Å². The van der Waals surface area contributed by atoms with E-state index >= 15 is 0 Å². The van der Waals surface area contributed by atoms with Crippen LogP contribution in [0.1, 0.15) is 217 Å². The first-order valence-electron chi connectivity index (χ1n) is 49.8. The van der Waals surface area contributed by atoms with Crippen molar-refractivity contribution < 1.29 is 32.9 Å². The van der Waals surface area contributed by atoms with Crippen molar-refractivity contribution in [2.24, 2.45) is 0 Å². The second kappa shape index (κ2) is 27.6. The minimum atomic E-state index is -1.06. The van der Waals surface area contributed by atoms with E-state index in [1.807, 2.05) is 106 Å². The van der Waals surface area contributed by atoms with Gasteiger partial charge in [0.2, 0.25) is 0 Å². The maximum Gasteiger partial charge on any atom is 0.0667 e. The Balaban J connectivity index is 1.27. The summed E-state index contributed by atoms with van der Waals surface area (Å²) < 4.78 is 242. The smallest absolute Gasteiger partial charge is 0.0667 e. The molecule has 0 unspecified atom stereocenters. The maximum atomic E-state index is 11.6. The van der Waals surface area contributed by atoms with Crippen LogP contribution in [0.4, 0.5) is 34.1 Å². The van der Waals surface area contributed by atoms with Gasteiger partial charge < -0.3 is 18.9 Å². The van der Waals surface area contributed by atoms with Crippen molar-refractivity contribution in [2.45, 2.75) is 183 Å². The molecule has 0 N–H and O–H groups in total. The molecule has 15 aromatic rings. The zero-order chi connectivity index (χ0) is 98.8. The molecule has 2 aromatic heterocycles. The summed E-state index contributed by atoms with van der Waals surface area (Å²) in [7, 11) is 0. The molecular formula is C106H110N4. The van der Waals surface area contributed by atoms with E-state index in [9.17, 15) is 27.4 Å². The second-order valence-electron chi connectivity index (χ2n) is 36.3. The van der Waals surface area contributed by atoms with Crippen LogP contribution in [0.3, 0.4) is 0 Å². The Morgan fingerprint density at radius 3 is 0.736 bits per heavy atom. The van der Waals surface area contributed by atoms with Gasteiger partial charge in [0.15, 0.2) is 0 Å². The van der Waals surface area contributed by atoms with Crippen LogP contribution in [0, 0.1) is 0 Å². The van der Waals surface area contributed by atoms with E-state index in [1.54, 1.807) is 15.9 Å². The third-order valence-electron chi connectivity index (χ3n) is 21.0. The zero-order valence-corrected chi connectivity index (χ0v) is 67.1. The Labute approximate surface area is 689 Å². The molecule has 110 heavy (non-hydrogen) atoms. The molecule has 0 saturated heterocycles. The van der Waals surface area contributed by atoms with Crippen LogP contribution in [0.15, 0.2) is 285 Å². The molecule has 2 heterocycles. The molecule has 554 valence electrons. The van der Waals surface area contributed by atoms with Crippen LogP contribution in [0.2, 0.25) is 0 Å². The molecule has 0 aliphatic carbocycles. The van der Waals surface area contributed by atoms with Crippen molar-refractivity contribution in [2.75, 3.05) is 9.80 Å². The maximum absolute atomic E-state index is 11.6. The van der Waals surface area contributed by atoms with Crippen molar-refractivity contribution in [1.29, 1.82) is 0 Å². The van der Waals surface area contributed by atoms with Gasteiger partial charge in [0.05, 0.1) is 66.3 Å². The van der Waals surface area contributed by atoms with Gasteiger partial charge in [0.25, 0.3) is 0 Å². The molecule has 0 spiro atoms. The Hall–Kier alpha value is -10.9. The number of para-hydroxylation sites is 4. The van der Waals surface area contributed by atoms with Gasteiger partial charge in [-0.15, -0.1) is 0 Å². The molecular weight excluding hydrogens is 1330 g/mol. The number of rotatable bonds is 12. The van der Waals surface area contributed by atoms with E-state index in [4.69, 9.17) is 5.48 Å². The predicted molar refractivity (Wildman–Crippen MR) is 477 cm³/mol. The minimum absolute atomic E-state index is 0.0632. The first-order chi connectivity index (χ1) is 62.0. The van der Waals surface area contributed by atoms with Gasteiger partial charge in [0.1, 0.15) is 0 Å². The topological polar surface area (TPSA) is 16.3 Å². The van der Waals surface area contributed by atoms with Gasteiger partial charge in [-0.25, -0.2) is 0 Å². The second-order valence-corrected chi connectivity index (χ2v) is 36.3. The van der Waals surface area contributed by atoms with Crippen molar-refractivity contribution in [3.63, 3.8) is 0 Å². The Morgan fingerprint density at radius 1 is 0.236 bits per heavy atom. The van der Waals surface area contributed by atoms with E-state index in [-0.39, 0.29) is 44.3 Å². The Bertz CT molecular complexity index is 6790. The standard InChI is InChI=1S/C106H110N4/c1-100(2,3)73-40-30-36-69(56-73)90-62-78(105(16,17)18)63-91(70-37-31-41-74(57-70)101(4,5)6)98(90)107(80-44-34-46-82(66-80)109-94-52-26-22-48-86(94)87-49-23-27-53-95(87)109)84-60-77(104(13,14)15)61-85(68-84)108(81-45-35-47-83(67-81)110-96-54-28-24-50-88(96)89-51-25-29-55-97(89)110)99-92(71-38-32-42-75(58-71)102(7,8)9)64-79(106(19,20)21)65-93(99)72-39-33-43-76(59-72)103(10,11)12/h22-68H,1-21H3/i22D,23D,24D,25D,26D,27D,28D,29D,34D,35D,44D,45D,46D,47D,48D,49D,50D,51D,52D,53D,54D,55D,66D,67D. The van der Waals surface area contributed by atoms with Gasteiger partial charge >= 0.3 is 0 Å². The lowest BCUT2D eigenvalue weighted by Crippen LogP contribution is -2.20. The SMILES string of the molecule is [2H]c1c([2H])c(N(c2cc(N(c3c(-c4cccc(C(C)(C)C)c4)cc(C(C)(C)C)cc3-c3cccc(C(C)(C)C)c3)c3c([2H])c([2H])c([2H])c(-n4c5c([2H])c([2H])c([2H])c([2H])c5c5c([2H])c([2H])c([2H])c([2H])c54)c3[2H])cc(C(C)(C)C)c2)c2c(-c3cccc(C(C)(C)C)c3)cc(C(C)(C)C)cc2-c2cccc(C(C)(C)C)c2)c([2H])c(-n2c3c([2H])c([2H])c([2H])c([2H])c3c3c([2H])c([2H])c([2H])c([2H])c32)c1[2H]. The van der Waals surface area contributed by atoms with E-state index in [0.29, 0.717) is 50.1 Å². The van der Waals surface area contributed by atoms with Crippen LogP contribution in [-0.2, 0) is 37.9 Å². The minimum Gasteiger partial charge on any atom is -0.309 e. The van der Waals surface area contributed by atoms with Crippen molar-refractivity contribution >= 4 is 77.7 Å². The third kappa shape index (κ3) is 14.2. The van der Waals surface area contributed by atoms with Crippen molar-refractivity contribution in [3.8, 4) is 55.9 Å². The summed E-state index contributed by atoms with van der Waals surface area (Å²) in [5.41, 5.74) is 2.23. The van der Waals surface area contributed by atoms with Crippen molar-refractivity contribution in [3.05, 3.63) is 323 Å². The lowest BCUT2D eigenvalue weighted by atomic mass is 9.79. The largest absolute Gasteiger partial charge is 0.309 e. The fourth-order valence-electron chi connectivity index (χ4n) is 14.5. The lowest BCUT2D eigenvalue weighted by Gasteiger charge is -2.37. The first kappa shape index (κ1) is 50.7. The zero-order valence-electron chi connectivity index (χ0n) is 91.1. The molecule has 15 rings (SSSR count). The number of hydrogen-bond acceptors (Lipinski definition) is 2. The molecule has 0 fully saturated rings. The molecule has 0 aliphatic heterocycles. The summed E-state index contributed by atoms with van der Waals surface area (Å²) in [5, 5.41) is -1.52.